The van der Waals surface area contributed by atoms with E-state index in [-0.39, 0.29) is 37.5 Å². The molecule has 0 N–H and O–H groups in total. The normalized spacial score (nSPS) is 12.6. The van der Waals surface area contributed by atoms with E-state index >= 15 is 0 Å². The zero-order chi connectivity index (χ0) is 53.6. The summed E-state index contributed by atoms with van der Waals surface area (Å²) in [7, 11) is 0. The summed E-state index contributed by atoms with van der Waals surface area (Å²) in [4.78, 5) is 38.2. The van der Waals surface area contributed by atoms with Crippen molar-refractivity contribution in [3.8, 4) is 0 Å². The van der Waals surface area contributed by atoms with E-state index in [1.54, 1.807) is 0 Å². The average Bonchev–Trinajstić information content (AvgIpc) is 3.40. The van der Waals surface area contributed by atoms with E-state index in [1.165, 1.54) is 154 Å². The van der Waals surface area contributed by atoms with Crippen LogP contribution in [0.2, 0.25) is 0 Å². The first-order valence-corrected chi connectivity index (χ1v) is 31.6. The molecule has 0 aromatic rings. The number of hydrogen-bond acceptors (Lipinski definition) is 6. The lowest BCUT2D eigenvalue weighted by Crippen LogP contribution is -2.30. The molecule has 0 aromatic carbocycles. The van der Waals surface area contributed by atoms with Crippen molar-refractivity contribution >= 4 is 17.9 Å². The Kier molecular flexibility index (Phi) is 59.3. The Bertz CT molecular complexity index is 1420. The maximum atomic E-state index is 12.9. The molecule has 0 radical (unpaired) electrons. The zero-order valence-electron chi connectivity index (χ0n) is 48.8. The second kappa shape index (κ2) is 62.1. The molecular formula is C68H118O6. The molecule has 0 aliphatic rings. The third-order valence-electron chi connectivity index (χ3n) is 13.6. The molecule has 0 saturated heterocycles. The first-order valence-electron chi connectivity index (χ1n) is 31.6. The van der Waals surface area contributed by atoms with Gasteiger partial charge in [-0.25, -0.2) is 0 Å². The molecule has 0 spiro atoms. The Morgan fingerprint density at radius 2 is 0.554 bits per heavy atom. The quantitative estimate of drug-likeness (QED) is 0.0261. The van der Waals surface area contributed by atoms with Crippen molar-refractivity contribution in [3.05, 3.63) is 85.1 Å². The Labute approximate surface area is 458 Å². The van der Waals surface area contributed by atoms with Gasteiger partial charge in [-0.3, -0.25) is 14.4 Å². The molecule has 0 aromatic heterocycles. The van der Waals surface area contributed by atoms with Gasteiger partial charge in [0, 0.05) is 19.3 Å². The largest absolute Gasteiger partial charge is 0.462 e. The molecule has 0 heterocycles. The van der Waals surface area contributed by atoms with E-state index in [9.17, 15) is 14.4 Å². The molecule has 1 unspecified atom stereocenters. The van der Waals surface area contributed by atoms with Gasteiger partial charge in [0.1, 0.15) is 13.2 Å². The molecule has 0 aliphatic carbocycles. The number of carbonyl (C=O) groups excluding carboxylic acids is 3. The third-order valence-corrected chi connectivity index (χ3v) is 13.6. The van der Waals surface area contributed by atoms with Crippen LogP contribution in [0.1, 0.15) is 310 Å². The number of rotatable bonds is 57. The van der Waals surface area contributed by atoms with Crippen LogP contribution >= 0.6 is 0 Å². The number of carbonyl (C=O) groups is 3. The topological polar surface area (TPSA) is 78.9 Å². The van der Waals surface area contributed by atoms with Gasteiger partial charge in [0.2, 0.25) is 0 Å². The van der Waals surface area contributed by atoms with Gasteiger partial charge in [-0.2, -0.15) is 0 Å². The van der Waals surface area contributed by atoms with Crippen molar-refractivity contribution in [1.29, 1.82) is 0 Å². The van der Waals surface area contributed by atoms with Crippen LogP contribution in [-0.4, -0.2) is 37.2 Å². The molecule has 1 atom stereocenters. The van der Waals surface area contributed by atoms with Gasteiger partial charge >= 0.3 is 17.9 Å². The number of hydrogen-bond donors (Lipinski definition) is 0. The minimum atomic E-state index is -0.802. The van der Waals surface area contributed by atoms with Crippen LogP contribution in [0.5, 0.6) is 0 Å². The smallest absolute Gasteiger partial charge is 0.306 e. The average molecular weight is 1030 g/mol. The van der Waals surface area contributed by atoms with E-state index in [2.05, 4.69) is 106 Å². The SMILES string of the molecule is CC/C=C\C/C=C\C/C=C\C/C=C\C/C=C\C/C=C\CCCCC(=O)OC(COC(=O)CCCCCCC/C=C\CCC)COC(=O)CCCCCCCCCCCCCCCCCCCCCCCCCCC. The Morgan fingerprint density at radius 1 is 0.284 bits per heavy atom. The van der Waals surface area contributed by atoms with Gasteiger partial charge in [-0.15, -0.1) is 0 Å². The monoisotopic (exact) mass is 1030 g/mol. The first-order chi connectivity index (χ1) is 36.5. The van der Waals surface area contributed by atoms with E-state index in [0.717, 1.165) is 109 Å². The summed E-state index contributed by atoms with van der Waals surface area (Å²) in [6, 6.07) is 0. The lowest BCUT2D eigenvalue weighted by molar-refractivity contribution is -0.167. The van der Waals surface area contributed by atoms with Gasteiger partial charge in [-0.05, 0) is 89.9 Å². The van der Waals surface area contributed by atoms with Crippen molar-refractivity contribution in [2.24, 2.45) is 0 Å². The van der Waals surface area contributed by atoms with Crippen LogP contribution in [-0.2, 0) is 28.6 Å². The van der Waals surface area contributed by atoms with E-state index in [0.29, 0.717) is 19.3 Å². The summed E-state index contributed by atoms with van der Waals surface area (Å²) in [5.74, 6) is -0.940. The minimum absolute atomic E-state index is 0.0947. The minimum Gasteiger partial charge on any atom is -0.462 e. The number of ether oxygens (including phenoxy) is 3. The van der Waals surface area contributed by atoms with Crippen LogP contribution in [0.4, 0.5) is 0 Å². The fourth-order valence-electron chi connectivity index (χ4n) is 8.92. The molecule has 0 aliphatic heterocycles. The number of unbranched alkanes of at least 4 members (excludes halogenated alkanes) is 32. The highest BCUT2D eigenvalue weighted by Gasteiger charge is 2.19. The van der Waals surface area contributed by atoms with Crippen LogP contribution in [0.25, 0.3) is 0 Å². The molecule has 74 heavy (non-hydrogen) atoms. The molecule has 426 valence electrons. The zero-order valence-corrected chi connectivity index (χ0v) is 48.8. The molecule has 6 heteroatoms. The van der Waals surface area contributed by atoms with E-state index in [1.807, 2.05) is 0 Å². The Morgan fingerprint density at radius 3 is 0.919 bits per heavy atom. The third kappa shape index (κ3) is 59.5. The van der Waals surface area contributed by atoms with Crippen molar-refractivity contribution in [2.75, 3.05) is 13.2 Å². The summed E-state index contributed by atoms with van der Waals surface area (Å²) < 4.78 is 16.8. The fraction of sp³-hybridized carbons (Fsp3) is 0.750. The van der Waals surface area contributed by atoms with Gasteiger partial charge in [0.15, 0.2) is 6.10 Å². The molecule has 0 saturated carbocycles. The summed E-state index contributed by atoms with van der Waals surface area (Å²) >= 11 is 0. The van der Waals surface area contributed by atoms with Gasteiger partial charge in [0.05, 0.1) is 0 Å². The molecule has 0 rings (SSSR count). The maximum Gasteiger partial charge on any atom is 0.306 e. The highest BCUT2D eigenvalue weighted by atomic mass is 16.6. The fourth-order valence-corrected chi connectivity index (χ4v) is 8.92. The molecule has 0 amide bonds. The lowest BCUT2D eigenvalue weighted by atomic mass is 10.0. The summed E-state index contributed by atoms with van der Waals surface area (Å²) in [5.41, 5.74) is 0. The standard InChI is InChI=1S/C68H118O6/c1-4-7-10-13-16-19-22-24-26-28-30-32-33-34-35-37-38-40-42-44-46-49-52-55-58-61-67(70)73-64-65(63-72-66(69)60-57-54-51-48-21-18-15-12-9-6-3)74-68(71)62-59-56-53-50-47-45-43-41-39-36-31-29-27-25-23-20-17-14-11-8-5-2/h8,11-12,15,17,20,25,27,31,36,41,43,47,50,65H,4-7,9-10,13-14,16,18-19,21-24,26,28-30,32-35,37-40,42,44-46,48-49,51-64H2,1-3H3/b11-8-,15-12-,20-17-,27-25-,36-31-,43-41-,50-47-. The number of allylic oxidation sites excluding steroid dienone is 14. The summed E-state index contributed by atoms with van der Waals surface area (Å²) in [5, 5.41) is 0. The van der Waals surface area contributed by atoms with Crippen LogP contribution < -0.4 is 0 Å². The second-order valence-electron chi connectivity index (χ2n) is 20.9. The van der Waals surface area contributed by atoms with Gasteiger partial charge < -0.3 is 14.2 Å². The van der Waals surface area contributed by atoms with Crippen LogP contribution in [0.15, 0.2) is 85.1 Å². The molecule has 6 nitrogen and oxygen atoms in total. The predicted molar refractivity (Wildman–Crippen MR) is 321 cm³/mol. The summed E-state index contributed by atoms with van der Waals surface area (Å²) in [6.07, 6.45) is 81.8. The first kappa shape index (κ1) is 70.6. The van der Waals surface area contributed by atoms with Crippen molar-refractivity contribution in [2.45, 2.75) is 316 Å². The van der Waals surface area contributed by atoms with E-state index in [4.69, 9.17) is 14.2 Å². The molecule has 0 bridgehead atoms. The van der Waals surface area contributed by atoms with Crippen LogP contribution in [0, 0.1) is 0 Å². The molecule has 0 fully saturated rings. The number of esters is 3. The lowest BCUT2D eigenvalue weighted by Gasteiger charge is -2.18. The van der Waals surface area contributed by atoms with Crippen LogP contribution in [0.3, 0.4) is 0 Å². The van der Waals surface area contributed by atoms with Gasteiger partial charge in [0.25, 0.3) is 0 Å². The van der Waals surface area contributed by atoms with Crippen molar-refractivity contribution in [3.63, 3.8) is 0 Å². The van der Waals surface area contributed by atoms with Gasteiger partial charge in [-0.1, -0.05) is 286 Å². The highest BCUT2D eigenvalue weighted by Crippen LogP contribution is 2.17. The maximum absolute atomic E-state index is 12.9. The second-order valence-corrected chi connectivity index (χ2v) is 20.9. The Hall–Kier alpha value is -3.41. The van der Waals surface area contributed by atoms with Crippen molar-refractivity contribution < 1.29 is 28.6 Å². The highest BCUT2D eigenvalue weighted by molar-refractivity contribution is 5.71. The molecular weight excluding hydrogens is 913 g/mol. The van der Waals surface area contributed by atoms with E-state index < -0.39 is 6.10 Å². The summed E-state index contributed by atoms with van der Waals surface area (Å²) in [6.45, 7) is 6.45. The van der Waals surface area contributed by atoms with Crippen molar-refractivity contribution in [1.82, 2.24) is 0 Å². The predicted octanol–water partition coefficient (Wildman–Crippen LogP) is 21.5. The Balaban J connectivity index is 4.28.